The number of urea groups is 1. The highest BCUT2D eigenvalue weighted by Gasteiger charge is 2.32. The second-order valence-corrected chi connectivity index (χ2v) is 3.29. The molecule has 2 amide bonds. The summed E-state index contributed by atoms with van der Waals surface area (Å²) in [5.41, 5.74) is 4.98. The molecule has 86 valence electrons. The summed E-state index contributed by atoms with van der Waals surface area (Å²) in [5, 5.41) is 17.3. The standard InChI is InChI=1S/C8H14N2O5/c1-4(2)10(8(9)15)5(7(13)14)3-6(11)12/h4-5H,3H2,1-2H3,(H2,9,15)(H,11,12)(H,13,14). The minimum atomic E-state index is -1.43. The van der Waals surface area contributed by atoms with E-state index in [1.165, 1.54) is 0 Å². The molecule has 1 unspecified atom stereocenters. The van der Waals surface area contributed by atoms with Gasteiger partial charge in [0.2, 0.25) is 0 Å². The van der Waals surface area contributed by atoms with E-state index in [-0.39, 0.29) is 0 Å². The number of rotatable bonds is 5. The number of carbonyl (C=O) groups excluding carboxylic acids is 1. The van der Waals surface area contributed by atoms with Crippen molar-refractivity contribution in [3.63, 3.8) is 0 Å². The normalized spacial score (nSPS) is 12.2. The lowest BCUT2D eigenvalue weighted by Crippen LogP contribution is -2.52. The van der Waals surface area contributed by atoms with Gasteiger partial charge in [0.15, 0.2) is 0 Å². The highest BCUT2D eigenvalue weighted by atomic mass is 16.4. The summed E-state index contributed by atoms with van der Waals surface area (Å²) in [5.74, 6) is -2.68. The van der Waals surface area contributed by atoms with Crippen LogP contribution in [-0.2, 0) is 9.59 Å². The lowest BCUT2D eigenvalue weighted by atomic mass is 10.1. The van der Waals surface area contributed by atoms with Crippen LogP contribution in [0.2, 0.25) is 0 Å². The van der Waals surface area contributed by atoms with Crippen LogP contribution in [0, 0.1) is 0 Å². The molecule has 7 heteroatoms. The van der Waals surface area contributed by atoms with Crippen molar-refractivity contribution in [1.29, 1.82) is 0 Å². The molecule has 0 aliphatic heterocycles. The van der Waals surface area contributed by atoms with E-state index in [2.05, 4.69) is 0 Å². The second kappa shape index (κ2) is 5.18. The van der Waals surface area contributed by atoms with Crippen LogP contribution in [0.4, 0.5) is 4.79 Å². The largest absolute Gasteiger partial charge is 0.481 e. The van der Waals surface area contributed by atoms with Crippen molar-refractivity contribution in [2.24, 2.45) is 5.73 Å². The molecule has 0 aromatic heterocycles. The lowest BCUT2D eigenvalue weighted by molar-refractivity contribution is -0.149. The number of amides is 2. The zero-order valence-corrected chi connectivity index (χ0v) is 8.51. The Labute approximate surface area is 86.5 Å². The third kappa shape index (κ3) is 3.84. The van der Waals surface area contributed by atoms with Crippen molar-refractivity contribution < 1.29 is 24.6 Å². The average Bonchev–Trinajstić information content (AvgIpc) is 2.00. The molecule has 0 heterocycles. The predicted molar refractivity (Wildman–Crippen MR) is 50.2 cm³/mol. The Kier molecular flexibility index (Phi) is 4.56. The summed E-state index contributed by atoms with van der Waals surface area (Å²) in [6.07, 6.45) is -0.670. The molecule has 0 radical (unpaired) electrons. The van der Waals surface area contributed by atoms with Gasteiger partial charge in [-0.05, 0) is 13.8 Å². The number of carbonyl (C=O) groups is 3. The molecule has 4 N–H and O–H groups in total. The van der Waals surface area contributed by atoms with Gasteiger partial charge in [-0.1, -0.05) is 0 Å². The maximum Gasteiger partial charge on any atom is 0.327 e. The van der Waals surface area contributed by atoms with Crippen LogP contribution < -0.4 is 5.73 Å². The second-order valence-electron chi connectivity index (χ2n) is 3.29. The Morgan fingerprint density at radius 2 is 1.73 bits per heavy atom. The van der Waals surface area contributed by atoms with Crippen molar-refractivity contribution in [2.75, 3.05) is 0 Å². The molecule has 0 aliphatic carbocycles. The van der Waals surface area contributed by atoms with Crippen LogP contribution in [0.3, 0.4) is 0 Å². The summed E-state index contributed by atoms with van der Waals surface area (Å²) < 4.78 is 0. The number of carboxylic acid groups (broad SMARTS) is 2. The van der Waals surface area contributed by atoms with Crippen molar-refractivity contribution in [3.05, 3.63) is 0 Å². The van der Waals surface area contributed by atoms with Crippen molar-refractivity contribution in [3.8, 4) is 0 Å². The molecule has 7 nitrogen and oxygen atoms in total. The zero-order valence-electron chi connectivity index (χ0n) is 8.51. The summed E-state index contributed by atoms with van der Waals surface area (Å²) in [6.45, 7) is 3.12. The first-order valence-corrected chi connectivity index (χ1v) is 4.29. The first-order valence-electron chi connectivity index (χ1n) is 4.29. The fourth-order valence-electron chi connectivity index (χ4n) is 1.24. The molecule has 0 aliphatic rings. The first-order chi connectivity index (χ1) is 6.77. The third-order valence-corrected chi connectivity index (χ3v) is 1.80. The van der Waals surface area contributed by atoms with Gasteiger partial charge in [-0.15, -0.1) is 0 Å². The maximum atomic E-state index is 11.0. The first kappa shape index (κ1) is 13.2. The summed E-state index contributed by atoms with van der Waals surface area (Å²) in [4.78, 5) is 33.0. The van der Waals surface area contributed by atoms with Crippen molar-refractivity contribution >= 4 is 18.0 Å². The molecule has 0 spiro atoms. The van der Waals surface area contributed by atoms with Crippen LogP contribution >= 0.6 is 0 Å². The predicted octanol–water partition coefficient (Wildman–Crippen LogP) is -0.297. The minimum absolute atomic E-state index is 0.469. The van der Waals surface area contributed by atoms with Gasteiger partial charge in [0.05, 0.1) is 6.42 Å². The molecule has 0 rings (SSSR count). The average molecular weight is 218 g/mol. The Hall–Kier alpha value is -1.79. The molecular weight excluding hydrogens is 204 g/mol. The number of primary amides is 1. The smallest absolute Gasteiger partial charge is 0.327 e. The molecule has 0 fully saturated rings. The van der Waals surface area contributed by atoms with E-state index in [9.17, 15) is 14.4 Å². The van der Waals surface area contributed by atoms with E-state index in [1.54, 1.807) is 13.8 Å². The summed E-state index contributed by atoms with van der Waals surface area (Å²) in [6, 6.07) is -2.85. The van der Waals surface area contributed by atoms with Gasteiger partial charge in [-0.3, -0.25) is 4.79 Å². The SMILES string of the molecule is CC(C)N(C(N)=O)C(CC(=O)O)C(=O)O. The fraction of sp³-hybridized carbons (Fsp3) is 0.625. The van der Waals surface area contributed by atoms with Crippen LogP contribution in [0.5, 0.6) is 0 Å². The number of aliphatic carboxylic acids is 2. The van der Waals surface area contributed by atoms with Crippen LogP contribution in [0.1, 0.15) is 20.3 Å². The molecule has 15 heavy (non-hydrogen) atoms. The molecule has 0 aromatic rings. The van der Waals surface area contributed by atoms with Gasteiger partial charge in [-0.2, -0.15) is 0 Å². The molecule has 1 atom stereocenters. The summed E-state index contributed by atoms with van der Waals surface area (Å²) >= 11 is 0. The van der Waals surface area contributed by atoms with E-state index in [1.807, 2.05) is 0 Å². The van der Waals surface area contributed by atoms with Crippen LogP contribution in [-0.4, -0.2) is 45.2 Å². The number of nitrogens with two attached hydrogens (primary N) is 1. The molecule has 0 saturated heterocycles. The highest BCUT2D eigenvalue weighted by Crippen LogP contribution is 2.09. The van der Waals surface area contributed by atoms with Crippen molar-refractivity contribution in [2.45, 2.75) is 32.4 Å². The monoisotopic (exact) mass is 218 g/mol. The van der Waals surface area contributed by atoms with Gasteiger partial charge in [-0.25, -0.2) is 9.59 Å². The Morgan fingerprint density at radius 3 is 1.93 bits per heavy atom. The number of carboxylic acids is 2. The van der Waals surface area contributed by atoms with Crippen LogP contribution in [0.25, 0.3) is 0 Å². The van der Waals surface area contributed by atoms with Gasteiger partial charge in [0.1, 0.15) is 6.04 Å². The van der Waals surface area contributed by atoms with E-state index < -0.39 is 36.5 Å². The van der Waals surface area contributed by atoms with Crippen molar-refractivity contribution in [1.82, 2.24) is 4.90 Å². The number of nitrogens with zero attached hydrogens (tertiary/aromatic N) is 1. The molecule has 0 saturated carbocycles. The molecule has 0 bridgehead atoms. The zero-order chi connectivity index (χ0) is 12.2. The van der Waals surface area contributed by atoms with Gasteiger partial charge >= 0.3 is 18.0 Å². The fourth-order valence-corrected chi connectivity index (χ4v) is 1.24. The molecular formula is C8H14N2O5. The highest BCUT2D eigenvalue weighted by molar-refractivity contribution is 5.85. The topological polar surface area (TPSA) is 121 Å². The van der Waals surface area contributed by atoms with Gasteiger partial charge < -0.3 is 20.8 Å². The van der Waals surface area contributed by atoms with E-state index in [4.69, 9.17) is 15.9 Å². The Balaban J connectivity index is 4.92. The number of hydrogen-bond donors (Lipinski definition) is 3. The quantitative estimate of drug-likeness (QED) is 0.585. The van der Waals surface area contributed by atoms with Gasteiger partial charge in [0, 0.05) is 6.04 Å². The van der Waals surface area contributed by atoms with Gasteiger partial charge in [0.25, 0.3) is 0 Å². The minimum Gasteiger partial charge on any atom is -0.481 e. The van der Waals surface area contributed by atoms with E-state index >= 15 is 0 Å². The van der Waals surface area contributed by atoms with E-state index in [0.29, 0.717) is 0 Å². The Morgan fingerprint density at radius 1 is 1.27 bits per heavy atom. The number of hydrogen-bond acceptors (Lipinski definition) is 3. The lowest BCUT2D eigenvalue weighted by Gasteiger charge is -2.29. The molecule has 0 aromatic carbocycles. The van der Waals surface area contributed by atoms with Crippen LogP contribution in [0.15, 0.2) is 0 Å². The Bertz CT molecular complexity index is 276. The van der Waals surface area contributed by atoms with E-state index in [0.717, 1.165) is 4.90 Å². The third-order valence-electron chi connectivity index (χ3n) is 1.80. The summed E-state index contributed by atoms with van der Waals surface area (Å²) in [7, 11) is 0. The maximum absolute atomic E-state index is 11.0.